The molecule has 7 heteroatoms. The van der Waals surface area contributed by atoms with Crippen molar-refractivity contribution in [3.05, 3.63) is 24.3 Å². The predicted octanol–water partition coefficient (Wildman–Crippen LogP) is 0.00910. The van der Waals surface area contributed by atoms with Gasteiger partial charge in [0, 0.05) is 44.1 Å². The highest BCUT2D eigenvalue weighted by Gasteiger charge is 2.28. The lowest BCUT2D eigenvalue weighted by atomic mass is 10.2. The number of nitrogens with zero attached hydrogens (tertiary/aromatic N) is 1. The molecule has 1 aromatic carbocycles. The van der Waals surface area contributed by atoms with Gasteiger partial charge in [0.1, 0.15) is 5.69 Å². The summed E-state index contributed by atoms with van der Waals surface area (Å²) in [4.78, 5) is 2.03. The molecule has 1 fully saturated rings. The van der Waals surface area contributed by atoms with Crippen molar-refractivity contribution in [2.45, 2.75) is 12.5 Å². The van der Waals surface area contributed by atoms with Gasteiger partial charge in [0.15, 0.2) is 9.84 Å². The molecular weight excluding hydrogens is 294 g/mol. The molecule has 0 saturated carbocycles. The Kier molecular flexibility index (Phi) is 4.62. The van der Waals surface area contributed by atoms with Gasteiger partial charge < -0.3 is 10.2 Å². The normalized spacial score (nSPS) is 20.6. The zero-order valence-corrected chi connectivity index (χ0v) is 13.3. The zero-order chi connectivity index (χ0) is 14.8. The van der Waals surface area contributed by atoms with E-state index in [-0.39, 0.29) is 17.5 Å². The summed E-state index contributed by atoms with van der Waals surface area (Å²) >= 11 is 5.28. The molecule has 1 unspecified atom stereocenters. The molecule has 110 valence electrons. The molecule has 1 aliphatic rings. The van der Waals surface area contributed by atoms with Crippen molar-refractivity contribution in [2.24, 2.45) is 0 Å². The van der Waals surface area contributed by atoms with Crippen molar-refractivity contribution < 1.29 is 13.7 Å². The van der Waals surface area contributed by atoms with E-state index < -0.39 is 9.84 Å². The van der Waals surface area contributed by atoms with Crippen LogP contribution in [0.3, 0.4) is 0 Å². The summed E-state index contributed by atoms with van der Waals surface area (Å²) in [5.74, 6) is 0.433. The van der Waals surface area contributed by atoms with Crippen molar-refractivity contribution in [3.8, 4) is 0 Å². The van der Waals surface area contributed by atoms with E-state index in [1.165, 1.54) is 0 Å². The second-order valence-electron chi connectivity index (χ2n) is 5.24. The van der Waals surface area contributed by atoms with Gasteiger partial charge >= 0.3 is 0 Å². The second kappa shape index (κ2) is 6.07. The number of hydrogen-bond acceptors (Lipinski definition) is 4. The molecule has 0 amide bonds. The number of benzene rings is 1. The number of quaternary nitrogens is 1. The Balaban J connectivity index is 1.93. The van der Waals surface area contributed by atoms with Gasteiger partial charge in [-0.3, -0.25) is 5.32 Å². The zero-order valence-electron chi connectivity index (χ0n) is 11.7. The predicted molar refractivity (Wildman–Crippen MR) is 85.1 cm³/mol. The second-order valence-corrected chi connectivity index (χ2v) is 7.91. The Hall–Kier alpha value is -1.18. The molecule has 2 rings (SSSR count). The first-order valence-electron chi connectivity index (χ1n) is 6.49. The van der Waals surface area contributed by atoms with Crippen molar-refractivity contribution in [2.75, 3.05) is 30.5 Å². The van der Waals surface area contributed by atoms with Gasteiger partial charge in [0.25, 0.3) is 5.11 Å². The lowest BCUT2D eigenvalue weighted by Gasteiger charge is -2.14. The molecule has 0 aliphatic carbocycles. The van der Waals surface area contributed by atoms with Gasteiger partial charge in [0.2, 0.25) is 0 Å². The number of nitrogens with one attached hydrogen (secondary N) is 1. The van der Waals surface area contributed by atoms with Gasteiger partial charge in [-0.25, -0.2) is 8.42 Å². The molecule has 0 radical (unpaired) electrons. The Morgan fingerprint density at radius 3 is 2.80 bits per heavy atom. The van der Waals surface area contributed by atoms with Crippen LogP contribution in [-0.2, 0) is 9.84 Å². The van der Waals surface area contributed by atoms with Gasteiger partial charge in [0.05, 0.1) is 11.5 Å². The molecule has 1 atom stereocenters. The fourth-order valence-electron chi connectivity index (χ4n) is 2.20. The first-order chi connectivity index (χ1) is 9.35. The van der Waals surface area contributed by atoms with Gasteiger partial charge in [-0.05, 0) is 18.6 Å². The third-order valence-corrected chi connectivity index (χ3v) is 5.27. The molecule has 0 bridgehead atoms. The number of hydrogen-bond donors (Lipinski definition) is 2. The van der Waals surface area contributed by atoms with Gasteiger partial charge in [-0.2, -0.15) is 0 Å². The summed E-state index contributed by atoms with van der Waals surface area (Å²) in [5.41, 5.74) is 2.11. The van der Waals surface area contributed by atoms with Gasteiger partial charge in [-0.15, -0.1) is 0 Å². The maximum absolute atomic E-state index is 11.4. The monoisotopic (exact) mass is 314 g/mol. The SMILES string of the molecule is CN(C)c1cccc([NH2+]C(=S)NC2CCS(=O)(=O)C2)c1. The van der Waals surface area contributed by atoms with Crippen molar-refractivity contribution >= 4 is 38.5 Å². The van der Waals surface area contributed by atoms with E-state index in [1.807, 2.05) is 48.6 Å². The van der Waals surface area contributed by atoms with Crippen molar-refractivity contribution in [1.82, 2.24) is 5.32 Å². The van der Waals surface area contributed by atoms with Crippen LogP contribution < -0.4 is 15.5 Å². The maximum Gasteiger partial charge on any atom is 0.271 e. The van der Waals surface area contributed by atoms with Crippen LogP contribution in [0.15, 0.2) is 24.3 Å². The van der Waals surface area contributed by atoms with Crippen LogP contribution in [0.25, 0.3) is 0 Å². The fourth-order valence-corrected chi connectivity index (χ4v) is 4.17. The van der Waals surface area contributed by atoms with Crippen LogP contribution in [0.2, 0.25) is 0 Å². The average molecular weight is 314 g/mol. The topological polar surface area (TPSA) is 66.0 Å². The molecule has 3 N–H and O–H groups in total. The van der Waals surface area contributed by atoms with Crippen LogP contribution in [-0.4, -0.2) is 45.2 Å². The third-order valence-electron chi connectivity index (χ3n) is 3.26. The maximum atomic E-state index is 11.4. The minimum Gasteiger partial charge on any atom is -0.377 e. The summed E-state index contributed by atoms with van der Waals surface area (Å²) in [6.07, 6.45) is 0.633. The molecule has 20 heavy (non-hydrogen) atoms. The molecule has 1 saturated heterocycles. The van der Waals surface area contributed by atoms with Crippen molar-refractivity contribution in [1.29, 1.82) is 0 Å². The van der Waals surface area contributed by atoms with Crippen molar-refractivity contribution in [3.63, 3.8) is 0 Å². The largest absolute Gasteiger partial charge is 0.377 e. The Bertz CT molecular complexity index is 599. The van der Waals surface area contributed by atoms with Crippen LogP contribution in [0.4, 0.5) is 11.4 Å². The Morgan fingerprint density at radius 1 is 1.45 bits per heavy atom. The van der Waals surface area contributed by atoms with E-state index in [0.29, 0.717) is 11.5 Å². The Morgan fingerprint density at radius 2 is 2.20 bits per heavy atom. The molecule has 0 spiro atoms. The fraction of sp³-hybridized carbons (Fsp3) is 0.462. The number of anilines is 1. The molecule has 5 nitrogen and oxygen atoms in total. The van der Waals surface area contributed by atoms with E-state index >= 15 is 0 Å². The average Bonchev–Trinajstić information content (AvgIpc) is 2.68. The summed E-state index contributed by atoms with van der Waals surface area (Å²) in [6.45, 7) is 0. The smallest absolute Gasteiger partial charge is 0.271 e. The molecule has 1 heterocycles. The highest BCUT2D eigenvalue weighted by atomic mass is 32.2. The lowest BCUT2D eigenvalue weighted by molar-refractivity contribution is -0.444. The number of rotatable bonds is 3. The third kappa shape index (κ3) is 4.16. The molecular formula is C13H20N3O2S2+. The summed E-state index contributed by atoms with van der Waals surface area (Å²) in [5, 5.41) is 5.57. The van der Waals surface area contributed by atoms with E-state index in [9.17, 15) is 8.42 Å². The summed E-state index contributed by atoms with van der Waals surface area (Å²) in [6, 6.07) is 7.97. The van der Waals surface area contributed by atoms with Crippen LogP contribution in [0.5, 0.6) is 0 Å². The van der Waals surface area contributed by atoms with Crippen LogP contribution >= 0.6 is 12.2 Å². The Labute approximate surface area is 125 Å². The van der Waals surface area contributed by atoms with E-state index in [1.54, 1.807) is 0 Å². The molecule has 1 aliphatic heterocycles. The van der Waals surface area contributed by atoms with E-state index in [2.05, 4.69) is 5.32 Å². The van der Waals surface area contributed by atoms with Crippen LogP contribution in [0.1, 0.15) is 6.42 Å². The summed E-state index contributed by atoms with van der Waals surface area (Å²) < 4.78 is 22.8. The molecule has 1 aromatic rings. The standard InChI is InChI=1S/C13H19N3O2S2/c1-16(2)12-5-3-4-10(8-12)14-13(19)15-11-6-7-20(17,18)9-11/h3-5,8,11H,6-7,9H2,1-2H3,(H2,14,15,19)/p+1. The number of nitrogens with two attached hydrogens (primary N) is 1. The number of sulfone groups is 1. The first-order valence-corrected chi connectivity index (χ1v) is 8.72. The lowest BCUT2D eigenvalue weighted by Crippen LogP contribution is -2.85. The minimum atomic E-state index is -2.87. The first kappa shape index (κ1) is 15.2. The van der Waals surface area contributed by atoms with Crippen LogP contribution in [0, 0.1) is 0 Å². The highest BCUT2D eigenvalue weighted by molar-refractivity contribution is 7.91. The quantitative estimate of drug-likeness (QED) is 0.608. The van der Waals surface area contributed by atoms with E-state index in [4.69, 9.17) is 12.2 Å². The molecule has 0 aromatic heterocycles. The summed E-state index contributed by atoms with van der Waals surface area (Å²) in [7, 11) is 1.10. The number of thiocarbonyl (C=S) groups is 1. The highest BCUT2D eigenvalue weighted by Crippen LogP contribution is 2.14. The van der Waals surface area contributed by atoms with Gasteiger partial charge in [-0.1, -0.05) is 6.07 Å². The van der Waals surface area contributed by atoms with E-state index in [0.717, 1.165) is 11.4 Å². The minimum absolute atomic E-state index is 0.0548.